The molecule has 0 aromatic carbocycles. The van der Waals surface area contributed by atoms with Crippen LogP contribution in [0.4, 0.5) is 0 Å². The number of carbonyl (C=O) groups is 1. The van der Waals surface area contributed by atoms with Gasteiger partial charge in [0.05, 0.1) is 0 Å². The van der Waals surface area contributed by atoms with Gasteiger partial charge in [0.1, 0.15) is 12.3 Å². The van der Waals surface area contributed by atoms with E-state index in [1.165, 1.54) is 63.4 Å². The molecule has 11 atom stereocenters. The Bertz CT molecular complexity index is 928. The Morgan fingerprint density at radius 3 is 2.13 bits per heavy atom. The molecule has 3 nitrogen and oxygen atoms in total. The van der Waals surface area contributed by atoms with Crippen molar-refractivity contribution in [1.82, 2.24) is 0 Å². The molecule has 228 valence electrons. The summed E-state index contributed by atoms with van der Waals surface area (Å²) in [5.41, 5.74) is 2.45. The molecule has 0 radical (unpaired) electrons. The minimum Gasteiger partial charge on any atom is -0.459 e. The molecule has 5 aliphatic rings. The fraction of sp³-hybridized carbons (Fsp3) is 0.906. The van der Waals surface area contributed by atoms with E-state index < -0.39 is 0 Å². The Morgan fingerprint density at radius 1 is 0.872 bits per heavy atom. The van der Waals surface area contributed by atoms with Crippen LogP contribution in [0.25, 0.3) is 0 Å². The van der Waals surface area contributed by atoms with Crippen LogP contribution in [0.5, 0.6) is 0 Å². The van der Waals surface area contributed by atoms with Gasteiger partial charge in [0.25, 0.3) is 0 Å². The van der Waals surface area contributed by atoms with Crippen molar-refractivity contribution in [3.63, 3.8) is 0 Å². The van der Waals surface area contributed by atoms with Gasteiger partial charge in [-0.15, -0.1) is 0 Å². The number of allylic oxidation sites excluding steroid dienone is 1. The molecule has 0 heterocycles. The normalized spacial score (nSPS) is 47.5. The molecule has 7 heteroatoms. The molecular weight excluding hydrogens is 583 g/mol. The first-order valence-electron chi connectivity index (χ1n) is 15.1. The van der Waals surface area contributed by atoms with Crippen LogP contribution >= 0.6 is 9.24 Å². The third-order valence-corrected chi connectivity index (χ3v) is 14.4. The van der Waals surface area contributed by atoms with Crippen LogP contribution in [0.1, 0.15) is 106 Å². The number of aliphatic hydroxyl groups excluding tert-OH is 1. The van der Waals surface area contributed by atoms with E-state index in [0.29, 0.717) is 52.7 Å². The van der Waals surface area contributed by atoms with Gasteiger partial charge in [-0.1, -0.05) is 46.8 Å². The molecule has 1 N–H and O–H groups in total. The van der Waals surface area contributed by atoms with E-state index in [1.54, 1.807) is 9.24 Å². The maximum absolute atomic E-state index is 12.3. The van der Waals surface area contributed by atoms with E-state index in [9.17, 15) is 9.90 Å². The first kappa shape index (κ1) is 38.6. The summed E-state index contributed by atoms with van der Waals surface area (Å²) in [6.07, 6.45) is 12.8. The summed E-state index contributed by atoms with van der Waals surface area (Å²) in [6, 6.07) is 0. The summed E-state index contributed by atoms with van der Waals surface area (Å²) >= 11 is 0. The van der Waals surface area contributed by atoms with Crippen molar-refractivity contribution in [3.8, 4) is 0 Å². The van der Waals surface area contributed by atoms with E-state index >= 15 is 0 Å². The minimum atomic E-state index is -0.0260. The van der Waals surface area contributed by atoms with Crippen molar-refractivity contribution >= 4 is 15.2 Å². The number of esters is 1. The number of hydrogen-bond acceptors (Lipinski definition) is 3. The van der Waals surface area contributed by atoms with Gasteiger partial charge in [-0.25, -0.2) is 4.79 Å². The predicted octanol–water partition coefficient (Wildman–Crippen LogP) is 7.16. The number of fused-ring (bicyclic) bond motifs is 7. The van der Waals surface area contributed by atoms with E-state index in [2.05, 4.69) is 48.1 Å². The largest absolute Gasteiger partial charge is 0.459 e. The molecular formula is C32H54Ar3O3P+. The van der Waals surface area contributed by atoms with E-state index in [0.717, 1.165) is 12.3 Å². The number of hydrogen-bond donors (Lipinski definition) is 1. The monoisotopic (exact) mass is 637 g/mol. The zero-order valence-electron chi connectivity index (χ0n) is 25.2. The van der Waals surface area contributed by atoms with Crippen molar-refractivity contribution in [2.75, 3.05) is 12.8 Å². The third kappa shape index (κ3) is 5.78. The fourth-order valence-electron chi connectivity index (χ4n) is 12.0. The van der Waals surface area contributed by atoms with Gasteiger partial charge < -0.3 is 9.84 Å². The maximum atomic E-state index is 12.3. The van der Waals surface area contributed by atoms with Crippen molar-refractivity contribution < 1.29 is 128 Å². The summed E-state index contributed by atoms with van der Waals surface area (Å²) in [5, 5.41) is 10.7. The van der Waals surface area contributed by atoms with Crippen molar-refractivity contribution in [3.05, 3.63) is 12.2 Å². The molecule has 5 saturated carbocycles. The maximum Gasteiger partial charge on any atom is 0.343 e. The minimum absolute atomic E-state index is 0. The molecule has 39 heavy (non-hydrogen) atoms. The van der Waals surface area contributed by atoms with Gasteiger partial charge in [-0.3, -0.25) is 0 Å². The first-order valence-corrected chi connectivity index (χ1v) is 16.1. The Hall–Kier alpha value is 3.38. The molecule has 1 unspecified atom stereocenters. The standard InChI is InChI=1S/C32H53O3P.3Ar/c1-20(2)21-10-15-32(19-33)17-16-30(6)22(27(21)32)8-9-24-29(5)13-12-25(35-26(34)18-36)28(3,4)23(29)11-14-31(24,30)7;;;/h21-25,27,33H,1,8-19,36H2,2-7H3;;;/p+1/t21-,22+,23-,24+,25-,27+,29-,30+,31+,32+;;;/m0.../s1. The van der Waals surface area contributed by atoms with E-state index in [4.69, 9.17) is 4.74 Å². The number of aliphatic hydroxyl groups is 1. The molecule has 0 aromatic heterocycles. The molecule has 5 fully saturated rings. The molecule has 5 rings (SSSR count). The van der Waals surface area contributed by atoms with Crippen LogP contribution in [-0.4, -0.2) is 29.9 Å². The number of ether oxygens (including phenoxy) is 1. The predicted molar refractivity (Wildman–Crippen MR) is 152 cm³/mol. The van der Waals surface area contributed by atoms with Crippen molar-refractivity contribution in [1.29, 1.82) is 0 Å². The summed E-state index contributed by atoms with van der Waals surface area (Å²) in [6.45, 7) is 19.8. The van der Waals surface area contributed by atoms with E-state index in [1.807, 2.05) is 0 Å². The molecule has 0 spiro atoms. The Kier molecular flexibility index (Phi) is 13.5. The van der Waals surface area contributed by atoms with E-state index in [-0.39, 0.29) is 136 Å². The Morgan fingerprint density at radius 2 is 1.54 bits per heavy atom. The summed E-state index contributed by atoms with van der Waals surface area (Å²) in [7, 11) is 1.70. The number of rotatable bonds is 4. The SMILES string of the molecule is C=C(C)[C@@H]1CC[C@]2(CO)CC[C@]3(C)[C@H](CC[C@@H]4[C@@]5(C)CC[C@H](OC(=O)C[PH3+])C(C)(C)[C@@H]5CC[C@]43C)[C@@H]12.[Ar].[Ar].[Ar]. The summed E-state index contributed by atoms with van der Waals surface area (Å²) in [5.74, 6) is 3.17. The second-order valence-corrected chi connectivity index (χ2v) is 15.8. The van der Waals surface area contributed by atoms with Crippen LogP contribution < -0.4 is 0 Å². The second-order valence-electron chi connectivity index (χ2n) is 15.3. The van der Waals surface area contributed by atoms with Crippen LogP contribution in [0.2, 0.25) is 0 Å². The van der Waals surface area contributed by atoms with Crippen LogP contribution in [0.3, 0.4) is 0 Å². The van der Waals surface area contributed by atoms with Gasteiger partial charge in [-0.2, -0.15) is 0 Å². The summed E-state index contributed by atoms with van der Waals surface area (Å²) in [4.78, 5) is 12.3. The first-order chi connectivity index (χ1) is 16.8. The zero-order valence-corrected chi connectivity index (χ0v) is 28.7. The van der Waals surface area contributed by atoms with Crippen molar-refractivity contribution in [2.24, 2.45) is 56.7 Å². The van der Waals surface area contributed by atoms with Gasteiger partial charge >= 0.3 is 5.97 Å². The van der Waals surface area contributed by atoms with Crippen molar-refractivity contribution in [2.45, 2.75) is 112 Å². The Labute approximate surface area is 331 Å². The van der Waals surface area contributed by atoms with Crippen LogP contribution in [-0.2, 0) is 9.53 Å². The molecule has 0 saturated heterocycles. The quantitative estimate of drug-likeness (QED) is 0.202. The summed E-state index contributed by atoms with van der Waals surface area (Å²) < 4.78 is 6.06. The van der Waals surface area contributed by atoms with Gasteiger partial charge in [0, 0.05) is 125 Å². The molecule has 0 aliphatic heterocycles. The third-order valence-electron chi connectivity index (χ3n) is 14.0. The molecule has 0 aromatic rings. The zero-order chi connectivity index (χ0) is 26.3. The van der Waals surface area contributed by atoms with Crippen LogP contribution in [0.15, 0.2) is 12.2 Å². The second kappa shape index (κ2) is 13.6. The average Bonchev–Trinajstić information content (AvgIpc) is 3.22. The van der Waals surface area contributed by atoms with Gasteiger partial charge in [0.2, 0.25) is 0 Å². The topological polar surface area (TPSA) is 46.5 Å². The van der Waals surface area contributed by atoms with Gasteiger partial charge in [-0.05, 0) is 132 Å². The smallest absolute Gasteiger partial charge is 0.343 e. The molecule has 5 aliphatic carbocycles. The molecule has 0 bridgehead atoms. The fourth-order valence-corrected chi connectivity index (χ4v) is 12.1. The van der Waals surface area contributed by atoms with Crippen LogP contribution in [0, 0.1) is 170 Å². The molecule has 0 amide bonds. The number of carbonyl (C=O) groups excluding carboxylic acids is 1. The Balaban J connectivity index is 0.00000178. The average molecular weight is 638 g/mol. The van der Waals surface area contributed by atoms with Gasteiger partial charge in [0.15, 0.2) is 0 Å².